The third-order valence-electron chi connectivity index (χ3n) is 28.1. The quantitative estimate of drug-likeness (QED) is 0.0770. The van der Waals surface area contributed by atoms with Crippen molar-refractivity contribution < 1.29 is 33.2 Å². The second-order valence-corrected chi connectivity index (χ2v) is 38.1. The zero-order valence-electron chi connectivity index (χ0n) is 76.2. The Bertz CT molecular complexity index is 6010. The summed E-state index contributed by atoms with van der Waals surface area (Å²) in [5.74, 6) is 1.45. The van der Waals surface area contributed by atoms with Crippen LogP contribution < -0.4 is 0 Å². The summed E-state index contributed by atoms with van der Waals surface area (Å²) in [6, 6.07) is 70.8. The predicted molar refractivity (Wildman–Crippen MR) is 526 cm³/mol. The molecule has 0 spiro atoms. The topological polar surface area (TPSA) is 151 Å². The number of aromatic nitrogens is 4. The number of amides is 6. The Morgan fingerprint density at radius 2 is 0.641 bits per heavy atom. The van der Waals surface area contributed by atoms with E-state index in [4.69, 9.17) is 34.8 Å². The lowest BCUT2D eigenvalue weighted by atomic mass is 9.92. The summed E-state index contributed by atoms with van der Waals surface area (Å²) in [6.07, 6.45) is 13.9. The number of carbonyl (C=O) groups excluding carboxylic acids is 6. The molecule has 684 valence electrons. The number of piperazine rings is 1. The van der Waals surface area contributed by atoms with E-state index < -0.39 is 0 Å². The summed E-state index contributed by atoms with van der Waals surface area (Å²) in [6.45, 7) is 26.4. The lowest BCUT2D eigenvalue weighted by Gasteiger charge is -2.40. The molecule has 131 heavy (non-hydrogen) atoms. The van der Waals surface area contributed by atoms with Gasteiger partial charge in [-0.1, -0.05) is 176 Å². The zero-order chi connectivity index (χ0) is 91.3. The van der Waals surface area contributed by atoms with E-state index in [0.717, 1.165) is 206 Å². The van der Waals surface area contributed by atoms with Gasteiger partial charge in [-0.25, -0.2) is 4.39 Å². The number of hydrogen-bond donors (Lipinski definition) is 0. The molecule has 6 amide bonds. The maximum absolute atomic E-state index is 13.7. The van der Waals surface area contributed by atoms with Crippen molar-refractivity contribution in [3.05, 3.63) is 309 Å². The molecular formula is C108H123Cl3FN13O6. The molecule has 8 aromatic carbocycles. The van der Waals surface area contributed by atoms with Gasteiger partial charge in [-0.3, -0.25) is 28.8 Å². The molecule has 0 unspecified atom stereocenters. The maximum atomic E-state index is 13.7. The van der Waals surface area contributed by atoms with Gasteiger partial charge in [0.2, 0.25) is 11.8 Å². The van der Waals surface area contributed by atoms with Crippen LogP contribution in [0.4, 0.5) is 4.39 Å². The van der Waals surface area contributed by atoms with Crippen LogP contribution in [0.1, 0.15) is 161 Å². The third-order valence-corrected chi connectivity index (χ3v) is 28.9. The Morgan fingerprint density at radius 3 is 0.962 bits per heavy atom. The summed E-state index contributed by atoms with van der Waals surface area (Å²) < 4.78 is 21.8. The molecule has 12 aromatic rings. The number of likely N-dealkylation sites (N-methyl/N-ethyl adjacent to an activating group) is 1. The standard InChI is InChI=1S/C28H33ClN4O.C28H32ClN3O2.C28H32FN3O.C24H26ClN3O2/c1-21(31-17-15-30(2)16-18-31)23-11-13-32(14-12-23)28(34)27-19-24-5-3-4-6-26(24)33(27)20-22-7-9-25(29)10-8-22;1-2-24-7-5-15-31(24)27(33)21-13-16-30(17-14-21)28(34)26-18-22-6-3-4-8-25(22)32(26)19-20-9-11-23(29)12-10-20;1-21(30-15-5-2-6-16-30)23-13-17-31(18-14-23)28(33)27-19-24-7-3-4-8-26(24)32(27)20-22-9-11-25(29)12-10-22;1-26(2)23(29)18-11-13-27(14-12-18)24(30)22-15-19-5-3-4-6-21(19)28(22)16-17-7-9-20(25)10-8-17/h3-10,19,23H,1,11-18,20H2,2H3;3-4,6,8-12,18,21,24H,2,5,7,13-17,19H2,1H3;3-4,7-12,19,23H,1-2,5-6,13-18,20H2;3-10,15,18H,11-14,16H2,1-2H3/t;24-;;/m.1../s1. The Morgan fingerprint density at radius 1 is 0.344 bits per heavy atom. The second-order valence-electron chi connectivity index (χ2n) is 36.8. The molecule has 0 aliphatic carbocycles. The first-order chi connectivity index (χ1) is 63.6. The third kappa shape index (κ3) is 22.0. The van der Waals surface area contributed by atoms with Crippen molar-refractivity contribution in [2.75, 3.05) is 119 Å². The summed E-state index contributed by atoms with van der Waals surface area (Å²) in [4.78, 5) is 98.6. The lowest BCUT2D eigenvalue weighted by molar-refractivity contribution is -0.138. The minimum absolute atomic E-state index is 0.00368. The fourth-order valence-corrected chi connectivity index (χ4v) is 20.8. The van der Waals surface area contributed by atoms with Crippen LogP contribution in [-0.2, 0) is 35.8 Å². The zero-order valence-corrected chi connectivity index (χ0v) is 78.5. The van der Waals surface area contributed by atoms with Gasteiger partial charge in [0.1, 0.15) is 28.6 Å². The minimum Gasteiger partial charge on any atom is -0.375 e. The van der Waals surface area contributed by atoms with Crippen LogP contribution in [0.2, 0.25) is 15.1 Å². The van der Waals surface area contributed by atoms with Crippen LogP contribution in [0.25, 0.3) is 43.6 Å². The van der Waals surface area contributed by atoms with Crippen LogP contribution >= 0.6 is 34.8 Å². The van der Waals surface area contributed by atoms with Crippen LogP contribution in [0.15, 0.2) is 243 Å². The fourth-order valence-electron chi connectivity index (χ4n) is 20.4. The molecule has 4 aromatic heterocycles. The number of likely N-dealkylation sites (tertiary alicyclic amines) is 6. The second kappa shape index (κ2) is 42.9. The summed E-state index contributed by atoms with van der Waals surface area (Å²) in [7, 11) is 5.75. The smallest absolute Gasteiger partial charge is 0.270 e. The molecule has 1 atom stereocenters. The molecule has 0 bridgehead atoms. The van der Waals surface area contributed by atoms with E-state index in [9.17, 15) is 33.2 Å². The average molecular weight is 1820 g/mol. The van der Waals surface area contributed by atoms with Crippen molar-refractivity contribution >= 4 is 114 Å². The van der Waals surface area contributed by atoms with Gasteiger partial charge in [-0.15, -0.1) is 0 Å². The fraction of sp³-hybridized carbons (Fsp3) is 0.389. The predicted octanol–water partition coefficient (Wildman–Crippen LogP) is 20.5. The number of allylic oxidation sites excluding steroid dienone is 2. The minimum atomic E-state index is -0.249. The molecule has 7 aliphatic heterocycles. The van der Waals surface area contributed by atoms with Gasteiger partial charge in [-0.05, 0) is 216 Å². The van der Waals surface area contributed by atoms with Crippen molar-refractivity contribution in [2.24, 2.45) is 23.7 Å². The summed E-state index contributed by atoms with van der Waals surface area (Å²) in [5.41, 5.74) is 13.9. The van der Waals surface area contributed by atoms with Crippen molar-refractivity contribution in [1.82, 2.24) is 62.4 Å². The molecule has 0 radical (unpaired) electrons. The van der Waals surface area contributed by atoms with E-state index in [-0.39, 0.29) is 47.2 Å². The molecule has 0 N–H and O–H groups in total. The number of nitrogens with zero attached hydrogens (tertiary/aromatic N) is 13. The van der Waals surface area contributed by atoms with E-state index >= 15 is 0 Å². The highest BCUT2D eigenvalue weighted by Gasteiger charge is 2.38. The Kier molecular flexibility index (Phi) is 30.4. The van der Waals surface area contributed by atoms with Crippen LogP contribution in [0.5, 0.6) is 0 Å². The number of rotatable bonds is 19. The van der Waals surface area contributed by atoms with Gasteiger partial charge in [0.05, 0.1) is 0 Å². The van der Waals surface area contributed by atoms with Crippen molar-refractivity contribution in [3.8, 4) is 0 Å². The normalized spacial score (nSPS) is 17.4. The van der Waals surface area contributed by atoms with E-state index in [1.54, 1.807) is 31.1 Å². The van der Waals surface area contributed by atoms with Gasteiger partial charge in [0, 0.05) is 238 Å². The Labute approximate surface area is 785 Å². The van der Waals surface area contributed by atoms with Crippen LogP contribution in [-0.4, -0.2) is 223 Å². The number of piperidine rings is 5. The summed E-state index contributed by atoms with van der Waals surface area (Å²) in [5, 5.41) is 6.38. The number of fused-ring (bicyclic) bond motifs is 4. The van der Waals surface area contributed by atoms with Crippen molar-refractivity contribution in [3.63, 3.8) is 0 Å². The SMILES string of the molecule is C=C(C1CCN(C(=O)c2cc3ccccc3n2Cc2ccc(Cl)cc2)CC1)N1CCN(C)CC1.C=C(C1CCN(C(=O)c2cc3ccccc3n2Cc2ccc(F)cc2)CC1)N1CCCCC1.CC[C@@H]1CCCN1C(=O)C1CCN(C(=O)c2cc3ccccc3n2Cc2ccc(Cl)cc2)CC1.CN(C)C(=O)C1CCN(C(=O)c2cc3ccccc3n2Cc2ccc(Cl)cc2)CC1. The number of carbonyl (C=O) groups is 6. The largest absolute Gasteiger partial charge is 0.375 e. The highest BCUT2D eigenvalue weighted by molar-refractivity contribution is 6.31. The Hall–Kier alpha value is -11.4. The highest BCUT2D eigenvalue weighted by atomic mass is 35.5. The molecule has 19 rings (SSSR count). The monoisotopic (exact) mass is 1820 g/mol. The molecular weight excluding hydrogens is 1700 g/mol. The Balaban J connectivity index is 0.000000128. The first-order valence-electron chi connectivity index (χ1n) is 47.1. The van der Waals surface area contributed by atoms with Gasteiger partial charge >= 0.3 is 0 Å². The van der Waals surface area contributed by atoms with E-state index in [1.807, 2.05) is 189 Å². The number of hydrogen-bond acceptors (Lipinski definition) is 9. The lowest BCUT2D eigenvalue weighted by Crippen LogP contribution is -2.46. The van der Waals surface area contributed by atoms with Gasteiger partial charge in [0.15, 0.2) is 0 Å². The molecule has 7 saturated heterocycles. The van der Waals surface area contributed by atoms with Crippen molar-refractivity contribution in [1.29, 1.82) is 0 Å². The molecule has 0 saturated carbocycles. The number of halogens is 4. The molecule has 23 heteroatoms. The molecule has 7 aliphatic rings. The van der Waals surface area contributed by atoms with Gasteiger partial charge in [0.25, 0.3) is 23.6 Å². The maximum Gasteiger partial charge on any atom is 0.270 e. The molecule has 19 nitrogen and oxygen atoms in total. The van der Waals surface area contributed by atoms with E-state index in [1.165, 1.54) is 42.8 Å². The van der Waals surface area contributed by atoms with Crippen LogP contribution in [0, 0.1) is 29.5 Å². The number of benzene rings is 8. The highest BCUT2D eigenvalue weighted by Crippen LogP contribution is 2.36. The van der Waals surface area contributed by atoms with Crippen LogP contribution in [0.3, 0.4) is 0 Å². The number of para-hydroxylation sites is 4. The van der Waals surface area contributed by atoms with Gasteiger partial charge in [-0.2, -0.15) is 0 Å². The van der Waals surface area contributed by atoms with E-state index in [2.05, 4.69) is 89.3 Å². The van der Waals surface area contributed by atoms with Gasteiger partial charge < -0.3 is 62.4 Å². The van der Waals surface area contributed by atoms with Crippen molar-refractivity contribution in [2.45, 2.75) is 129 Å². The first kappa shape index (κ1) is 92.8. The first-order valence-corrected chi connectivity index (χ1v) is 48.3. The summed E-state index contributed by atoms with van der Waals surface area (Å²) >= 11 is 18.2. The average Bonchev–Trinajstić information content (AvgIpc) is 1.65. The van der Waals surface area contributed by atoms with E-state index in [0.29, 0.717) is 116 Å². The molecule has 7 fully saturated rings. The molecule has 11 heterocycles.